The van der Waals surface area contributed by atoms with Crippen molar-refractivity contribution in [3.63, 3.8) is 0 Å². The van der Waals surface area contributed by atoms with Crippen LogP contribution in [0.4, 0.5) is 0 Å². The minimum absolute atomic E-state index is 0.179. The molecule has 80 valence electrons. The lowest BCUT2D eigenvalue weighted by Gasteiger charge is -2.18. The van der Waals surface area contributed by atoms with E-state index in [1.54, 1.807) is 0 Å². The van der Waals surface area contributed by atoms with Gasteiger partial charge in [0, 0.05) is 6.92 Å². The van der Waals surface area contributed by atoms with Crippen LogP contribution in [0, 0.1) is 0 Å². The molecule has 0 aliphatic carbocycles. The Hall–Kier alpha value is -0.690. The van der Waals surface area contributed by atoms with E-state index in [1.807, 2.05) is 0 Å². The first-order valence-electron chi connectivity index (χ1n) is 4.50. The summed E-state index contributed by atoms with van der Waals surface area (Å²) in [4.78, 5) is 10.8. The number of hydrogen-bond donors (Lipinski definition) is 3. The molecule has 3 N–H and O–H groups in total. The molecule has 0 bridgehead atoms. The number of fused-ring (bicyclic) bond motifs is 1. The van der Waals surface area contributed by atoms with Crippen LogP contribution in [-0.4, -0.2) is 53.4 Å². The van der Waals surface area contributed by atoms with Crippen LogP contribution in [0.3, 0.4) is 0 Å². The molecule has 2 heterocycles. The van der Waals surface area contributed by atoms with E-state index in [-0.39, 0.29) is 12.5 Å². The van der Waals surface area contributed by atoms with Crippen LogP contribution in [0.25, 0.3) is 0 Å². The lowest BCUT2D eigenvalue weighted by Crippen LogP contribution is -2.46. The molecule has 0 aromatic rings. The van der Waals surface area contributed by atoms with E-state index in [4.69, 9.17) is 9.47 Å². The van der Waals surface area contributed by atoms with Gasteiger partial charge in [-0.05, 0) is 0 Å². The molecule has 14 heavy (non-hydrogen) atoms. The summed E-state index contributed by atoms with van der Waals surface area (Å²) in [7, 11) is 0. The molecule has 0 saturated carbocycles. The molecule has 6 nitrogen and oxygen atoms in total. The maximum absolute atomic E-state index is 10.8. The highest BCUT2D eigenvalue weighted by Crippen LogP contribution is 2.30. The van der Waals surface area contributed by atoms with Crippen LogP contribution in [0.15, 0.2) is 0 Å². The van der Waals surface area contributed by atoms with E-state index in [1.165, 1.54) is 6.92 Å². The third-order valence-corrected chi connectivity index (χ3v) is 2.49. The first-order chi connectivity index (χ1) is 6.59. The van der Waals surface area contributed by atoms with Gasteiger partial charge in [0.2, 0.25) is 5.91 Å². The van der Waals surface area contributed by atoms with E-state index < -0.39 is 30.6 Å². The van der Waals surface area contributed by atoms with Gasteiger partial charge in [0.15, 0.2) is 6.29 Å². The number of ether oxygens (including phenoxy) is 2. The molecular weight excluding hydrogens is 190 g/mol. The monoisotopic (exact) mass is 203 g/mol. The van der Waals surface area contributed by atoms with E-state index in [9.17, 15) is 15.0 Å². The number of aliphatic hydroxyl groups excluding tert-OH is 2. The van der Waals surface area contributed by atoms with Crippen LogP contribution in [0.1, 0.15) is 6.92 Å². The van der Waals surface area contributed by atoms with Crippen LogP contribution in [-0.2, 0) is 14.3 Å². The van der Waals surface area contributed by atoms with E-state index in [2.05, 4.69) is 5.32 Å². The molecule has 0 aromatic heterocycles. The van der Waals surface area contributed by atoms with Crippen LogP contribution < -0.4 is 5.32 Å². The van der Waals surface area contributed by atoms with E-state index in [0.29, 0.717) is 0 Å². The quantitative estimate of drug-likeness (QED) is 0.457. The maximum Gasteiger partial charge on any atom is 0.217 e. The van der Waals surface area contributed by atoms with Gasteiger partial charge in [0.1, 0.15) is 24.4 Å². The molecule has 0 spiro atoms. The molecule has 2 saturated heterocycles. The SMILES string of the molecule is CC(=O)N[C@H]1[C@@H]2OC[C@@H](O)[C@@H]2O[C@@H]1O. The van der Waals surface area contributed by atoms with Crippen molar-refractivity contribution in [3.05, 3.63) is 0 Å². The number of carbonyl (C=O) groups is 1. The van der Waals surface area contributed by atoms with Crippen molar-refractivity contribution in [2.24, 2.45) is 0 Å². The van der Waals surface area contributed by atoms with E-state index in [0.717, 1.165) is 0 Å². The van der Waals surface area contributed by atoms with Gasteiger partial charge in [-0.3, -0.25) is 4.79 Å². The topological polar surface area (TPSA) is 88.0 Å². The number of amides is 1. The van der Waals surface area contributed by atoms with Crippen molar-refractivity contribution in [3.8, 4) is 0 Å². The average Bonchev–Trinajstić information content (AvgIpc) is 2.57. The minimum atomic E-state index is -1.11. The Kier molecular flexibility index (Phi) is 2.44. The van der Waals surface area contributed by atoms with E-state index >= 15 is 0 Å². The summed E-state index contributed by atoms with van der Waals surface area (Å²) in [6.07, 6.45) is -2.83. The largest absolute Gasteiger partial charge is 0.388 e. The van der Waals surface area contributed by atoms with Crippen molar-refractivity contribution in [2.75, 3.05) is 6.61 Å². The molecule has 6 heteroatoms. The van der Waals surface area contributed by atoms with Crippen molar-refractivity contribution in [1.82, 2.24) is 5.32 Å². The molecule has 2 fully saturated rings. The Morgan fingerprint density at radius 1 is 1.43 bits per heavy atom. The van der Waals surface area contributed by atoms with Gasteiger partial charge in [0.25, 0.3) is 0 Å². The van der Waals surface area contributed by atoms with Gasteiger partial charge < -0.3 is 25.0 Å². The lowest BCUT2D eigenvalue weighted by atomic mass is 10.1. The molecular formula is C8H13NO5. The number of rotatable bonds is 1. The number of hydrogen-bond acceptors (Lipinski definition) is 5. The van der Waals surface area contributed by atoms with Gasteiger partial charge in [-0.1, -0.05) is 0 Å². The van der Waals surface area contributed by atoms with Gasteiger partial charge in [0.05, 0.1) is 6.61 Å². The highest BCUT2D eigenvalue weighted by molar-refractivity contribution is 5.73. The summed E-state index contributed by atoms with van der Waals surface area (Å²) in [5, 5.41) is 21.4. The third-order valence-electron chi connectivity index (χ3n) is 2.49. The van der Waals surface area contributed by atoms with Crippen LogP contribution >= 0.6 is 0 Å². The van der Waals surface area contributed by atoms with Gasteiger partial charge in [-0.25, -0.2) is 0 Å². The molecule has 0 radical (unpaired) electrons. The summed E-state index contributed by atoms with van der Waals surface area (Å²) in [5.74, 6) is -0.261. The predicted molar refractivity (Wildman–Crippen MR) is 44.2 cm³/mol. The van der Waals surface area contributed by atoms with Gasteiger partial charge in [-0.2, -0.15) is 0 Å². The molecule has 0 aromatic carbocycles. The molecule has 2 aliphatic rings. The molecule has 1 amide bonds. The summed E-state index contributed by atoms with van der Waals surface area (Å²) < 4.78 is 10.3. The fourth-order valence-electron chi connectivity index (χ4n) is 1.89. The summed E-state index contributed by atoms with van der Waals surface area (Å²) in [6, 6.07) is -0.588. The Balaban J connectivity index is 2.07. The number of nitrogens with one attached hydrogen (secondary N) is 1. The Morgan fingerprint density at radius 3 is 2.79 bits per heavy atom. The second-order valence-electron chi connectivity index (χ2n) is 3.58. The predicted octanol–water partition coefficient (Wildman–Crippen LogP) is -2.03. The number of aliphatic hydroxyl groups is 2. The fraction of sp³-hybridized carbons (Fsp3) is 0.875. The highest BCUT2D eigenvalue weighted by Gasteiger charge is 2.52. The minimum Gasteiger partial charge on any atom is -0.388 e. The average molecular weight is 203 g/mol. The zero-order valence-corrected chi connectivity index (χ0v) is 7.71. The van der Waals surface area contributed by atoms with Gasteiger partial charge >= 0.3 is 0 Å². The highest BCUT2D eigenvalue weighted by atomic mass is 16.7. The molecule has 2 aliphatic heterocycles. The molecule has 5 atom stereocenters. The van der Waals surface area contributed by atoms with Crippen molar-refractivity contribution in [1.29, 1.82) is 0 Å². The standard InChI is InChI=1S/C8H13NO5/c1-3(10)9-5-7-6(14-8(5)12)4(11)2-13-7/h4-8,11-12H,2H2,1H3,(H,9,10)/t4-,5+,6+,7+,8+/m1/s1. The summed E-state index contributed by atoms with van der Waals surface area (Å²) in [6.45, 7) is 1.53. The Labute approximate surface area is 80.8 Å². The smallest absolute Gasteiger partial charge is 0.217 e. The summed E-state index contributed by atoms with van der Waals surface area (Å²) >= 11 is 0. The van der Waals surface area contributed by atoms with Crippen LogP contribution in [0.5, 0.6) is 0 Å². The van der Waals surface area contributed by atoms with Crippen LogP contribution in [0.2, 0.25) is 0 Å². The maximum atomic E-state index is 10.8. The van der Waals surface area contributed by atoms with Crippen molar-refractivity contribution >= 4 is 5.91 Å². The lowest BCUT2D eigenvalue weighted by molar-refractivity contribution is -0.133. The third kappa shape index (κ3) is 1.50. The van der Waals surface area contributed by atoms with Crippen molar-refractivity contribution < 1.29 is 24.5 Å². The zero-order chi connectivity index (χ0) is 10.3. The fourth-order valence-corrected chi connectivity index (χ4v) is 1.89. The summed E-state index contributed by atoms with van der Waals surface area (Å²) in [5.41, 5.74) is 0. The zero-order valence-electron chi connectivity index (χ0n) is 7.71. The molecule has 0 unspecified atom stereocenters. The Bertz CT molecular complexity index is 246. The molecule has 2 rings (SSSR count). The second kappa shape index (κ2) is 3.47. The Morgan fingerprint density at radius 2 is 2.14 bits per heavy atom. The number of carbonyl (C=O) groups excluding carboxylic acids is 1. The van der Waals surface area contributed by atoms with Gasteiger partial charge in [-0.15, -0.1) is 0 Å². The normalized spacial score (nSPS) is 46.4. The second-order valence-corrected chi connectivity index (χ2v) is 3.58. The first kappa shape index (κ1) is 9.85. The first-order valence-corrected chi connectivity index (χ1v) is 4.50. The van der Waals surface area contributed by atoms with Crippen molar-refractivity contribution in [2.45, 2.75) is 37.6 Å².